The van der Waals surface area contributed by atoms with E-state index in [4.69, 9.17) is 10.5 Å². The third-order valence-corrected chi connectivity index (χ3v) is 2.57. The summed E-state index contributed by atoms with van der Waals surface area (Å²) in [7, 11) is 0. The van der Waals surface area contributed by atoms with Gasteiger partial charge in [-0.05, 0) is 31.2 Å². The van der Waals surface area contributed by atoms with Crippen LogP contribution in [0.1, 0.15) is 12.5 Å². The Morgan fingerprint density at radius 2 is 2.36 bits per heavy atom. The lowest BCUT2D eigenvalue weighted by atomic mass is 10.2. The molecule has 0 aliphatic carbocycles. The van der Waals surface area contributed by atoms with E-state index in [9.17, 15) is 0 Å². The highest BCUT2D eigenvalue weighted by Gasteiger charge is 1.97. The van der Waals surface area contributed by atoms with Gasteiger partial charge in [0.25, 0.3) is 0 Å². The Morgan fingerprint density at radius 3 is 3.00 bits per heavy atom. The van der Waals surface area contributed by atoms with Crippen molar-refractivity contribution in [2.75, 3.05) is 12.3 Å². The second kappa shape index (κ2) is 5.60. The van der Waals surface area contributed by atoms with Crippen molar-refractivity contribution in [3.63, 3.8) is 0 Å². The van der Waals surface area contributed by atoms with Crippen molar-refractivity contribution in [2.45, 2.75) is 12.7 Å². The first kappa shape index (κ1) is 11.0. The molecule has 1 rings (SSSR count). The molecule has 0 aliphatic heterocycles. The van der Waals surface area contributed by atoms with Crippen molar-refractivity contribution >= 4 is 17.4 Å². The van der Waals surface area contributed by atoms with Crippen molar-refractivity contribution in [2.24, 2.45) is 0 Å². The predicted octanol–water partition coefficient (Wildman–Crippen LogP) is 3.01. The van der Waals surface area contributed by atoms with Gasteiger partial charge in [-0.2, -0.15) is 0 Å². The number of anilines is 1. The number of nitrogen functional groups attached to an aromatic ring is 1. The van der Waals surface area contributed by atoms with E-state index < -0.39 is 0 Å². The maximum absolute atomic E-state index is 5.66. The Morgan fingerprint density at radius 1 is 1.57 bits per heavy atom. The molecule has 0 amide bonds. The molecule has 0 saturated carbocycles. The molecule has 0 bridgehead atoms. The van der Waals surface area contributed by atoms with Gasteiger partial charge in [-0.25, -0.2) is 0 Å². The van der Waals surface area contributed by atoms with Crippen LogP contribution in [-0.4, -0.2) is 6.61 Å². The molecule has 0 unspecified atom stereocenters. The van der Waals surface area contributed by atoms with Crippen LogP contribution in [-0.2, 0) is 10.5 Å². The van der Waals surface area contributed by atoms with Crippen LogP contribution in [0.5, 0.6) is 0 Å². The summed E-state index contributed by atoms with van der Waals surface area (Å²) in [6.07, 6.45) is 0. The minimum atomic E-state index is 0.669. The maximum Gasteiger partial charge on any atom is 0.146 e. The van der Waals surface area contributed by atoms with Crippen molar-refractivity contribution in [1.82, 2.24) is 0 Å². The van der Waals surface area contributed by atoms with E-state index in [0.717, 1.165) is 16.5 Å². The third-order valence-electron chi connectivity index (χ3n) is 1.66. The van der Waals surface area contributed by atoms with Gasteiger partial charge in [0.2, 0.25) is 0 Å². The zero-order valence-corrected chi connectivity index (χ0v) is 9.14. The van der Waals surface area contributed by atoms with Gasteiger partial charge in [0.1, 0.15) is 5.09 Å². The fourth-order valence-corrected chi connectivity index (χ4v) is 1.76. The van der Waals surface area contributed by atoms with E-state index in [1.807, 2.05) is 31.2 Å². The minimum absolute atomic E-state index is 0.669. The lowest BCUT2D eigenvalue weighted by Crippen LogP contribution is -1.89. The first-order chi connectivity index (χ1) is 6.72. The van der Waals surface area contributed by atoms with Crippen LogP contribution in [0.15, 0.2) is 35.9 Å². The Labute approximate surface area is 89.1 Å². The molecular weight excluding hydrogens is 194 g/mol. The van der Waals surface area contributed by atoms with Gasteiger partial charge in [0.05, 0.1) is 6.61 Å². The molecule has 0 fully saturated rings. The molecule has 1 aromatic rings. The van der Waals surface area contributed by atoms with E-state index in [-0.39, 0.29) is 0 Å². The summed E-state index contributed by atoms with van der Waals surface area (Å²) in [5, 5.41) is 0.759. The van der Waals surface area contributed by atoms with Crippen LogP contribution in [0.3, 0.4) is 0 Å². The van der Waals surface area contributed by atoms with Crippen LogP contribution < -0.4 is 5.73 Å². The molecule has 2 N–H and O–H groups in total. The number of nitrogens with two attached hydrogens (primary N) is 1. The fraction of sp³-hybridized carbons (Fsp3) is 0.273. The van der Waals surface area contributed by atoms with Crippen LogP contribution in [0.25, 0.3) is 0 Å². The average Bonchev–Trinajstić information content (AvgIpc) is 2.15. The van der Waals surface area contributed by atoms with Crippen molar-refractivity contribution < 1.29 is 4.74 Å². The van der Waals surface area contributed by atoms with E-state index in [0.29, 0.717) is 6.61 Å². The number of hydrogen-bond donors (Lipinski definition) is 1. The molecule has 0 atom stereocenters. The largest absolute Gasteiger partial charge is 0.488 e. The summed E-state index contributed by atoms with van der Waals surface area (Å²) >= 11 is 1.59. The Balaban J connectivity index is 2.41. The number of rotatable bonds is 5. The summed E-state index contributed by atoms with van der Waals surface area (Å²) in [4.78, 5) is 0. The topological polar surface area (TPSA) is 35.2 Å². The maximum atomic E-state index is 5.66. The second-order valence-electron chi connectivity index (χ2n) is 2.84. The monoisotopic (exact) mass is 209 g/mol. The van der Waals surface area contributed by atoms with E-state index in [1.165, 1.54) is 5.56 Å². The van der Waals surface area contributed by atoms with Crippen LogP contribution >= 0.6 is 11.8 Å². The molecule has 1 aromatic carbocycles. The summed E-state index contributed by atoms with van der Waals surface area (Å²) in [6.45, 7) is 6.41. The highest BCUT2D eigenvalue weighted by atomic mass is 32.2. The van der Waals surface area contributed by atoms with Crippen LogP contribution in [0.4, 0.5) is 5.69 Å². The number of ether oxygens (including phenoxy) is 1. The summed E-state index contributed by atoms with van der Waals surface area (Å²) in [6, 6.07) is 7.84. The molecular formula is C11H15NOS. The fourth-order valence-electron chi connectivity index (χ4n) is 1.05. The number of thioether (sulfide) groups is 1. The van der Waals surface area contributed by atoms with Crippen molar-refractivity contribution in [3.05, 3.63) is 41.5 Å². The molecule has 14 heavy (non-hydrogen) atoms. The van der Waals surface area contributed by atoms with E-state index in [2.05, 4.69) is 6.58 Å². The molecule has 0 aromatic heterocycles. The lowest BCUT2D eigenvalue weighted by molar-refractivity contribution is 0.259. The number of benzene rings is 1. The molecule has 0 radical (unpaired) electrons. The number of hydrogen-bond acceptors (Lipinski definition) is 3. The van der Waals surface area contributed by atoms with Crippen molar-refractivity contribution in [1.29, 1.82) is 0 Å². The van der Waals surface area contributed by atoms with E-state index in [1.54, 1.807) is 11.8 Å². The molecule has 0 spiro atoms. The van der Waals surface area contributed by atoms with Gasteiger partial charge >= 0.3 is 0 Å². The smallest absolute Gasteiger partial charge is 0.146 e. The summed E-state index contributed by atoms with van der Waals surface area (Å²) < 4.78 is 5.23. The Kier molecular flexibility index (Phi) is 4.40. The molecule has 3 heteroatoms. The molecule has 0 saturated heterocycles. The zero-order valence-electron chi connectivity index (χ0n) is 8.32. The highest BCUT2D eigenvalue weighted by molar-refractivity contribution is 8.02. The second-order valence-corrected chi connectivity index (χ2v) is 3.87. The normalized spacial score (nSPS) is 9.79. The van der Waals surface area contributed by atoms with Crippen molar-refractivity contribution in [3.8, 4) is 0 Å². The van der Waals surface area contributed by atoms with Gasteiger partial charge in [-0.1, -0.05) is 23.9 Å². The summed E-state index contributed by atoms with van der Waals surface area (Å²) in [5.74, 6) is 0.851. The van der Waals surface area contributed by atoms with Crippen LogP contribution in [0.2, 0.25) is 0 Å². The Hall–Kier alpha value is -1.09. The van der Waals surface area contributed by atoms with Gasteiger partial charge in [0.15, 0.2) is 0 Å². The highest BCUT2D eigenvalue weighted by Crippen LogP contribution is 2.21. The first-order valence-electron chi connectivity index (χ1n) is 4.51. The minimum Gasteiger partial charge on any atom is -0.488 e. The zero-order chi connectivity index (χ0) is 10.4. The summed E-state index contributed by atoms with van der Waals surface area (Å²) in [5.41, 5.74) is 7.65. The SMILES string of the molecule is C=C(OCC)SCc1cccc(N)c1. The van der Waals surface area contributed by atoms with Gasteiger partial charge < -0.3 is 10.5 Å². The van der Waals surface area contributed by atoms with Gasteiger partial charge in [-0.15, -0.1) is 0 Å². The molecule has 0 heterocycles. The van der Waals surface area contributed by atoms with Crippen LogP contribution in [0, 0.1) is 0 Å². The molecule has 2 nitrogen and oxygen atoms in total. The molecule has 0 aliphatic rings. The molecule has 76 valence electrons. The quantitative estimate of drug-likeness (QED) is 0.598. The predicted molar refractivity (Wildman–Crippen MR) is 62.9 cm³/mol. The van der Waals surface area contributed by atoms with Gasteiger partial charge in [0, 0.05) is 11.4 Å². The lowest BCUT2D eigenvalue weighted by Gasteiger charge is -2.06. The van der Waals surface area contributed by atoms with Gasteiger partial charge in [-0.3, -0.25) is 0 Å². The standard InChI is InChI=1S/C11H15NOS/c1-3-13-9(2)14-8-10-5-4-6-11(12)7-10/h4-7H,2-3,8,12H2,1H3. The first-order valence-corrected chi connectivity index (χ1v) is 5.50. The Bertz CT molecular complexity index is 312. The average molecular weight is 209 g/mol. The van der Waals surface area contributed by atoms with E-state index >= 15 is 0 Å². The third kappa shape index (κ3) is 3.75.